The van der Waals surface area contributed by atoms with Gasteiger partial charge in [0.1, 0.15) is 0 Å². The molecule has 112 valence electrons. The van der Waals surface area contributed by atoms with Gasteiger partial charge in [-0.15, -0.1) is 11.3 Å². The van der Waals surface area contributed by atoms with Crippen molar-refractivity contribution in [3.63, 3.8) is 0 Å². The van der Waals surface area contributed by atoms with Gasteiger partial charge in [-0.2, -0.15) is 13.2 Å². The Labute approximate surface area is 119 Å². The minimum Gasteiger partial charge on any atom is -0.324 e. The van der Waals surface area contributed by atoms with Crippen molar-refractivity contribution in [1.29, 1.82) is 0 Å². The molecule has 1 aromatic rings. The Morgan fingerprint density at radius 2 is 2.25 bits per heavy atom. The van der Waals surface area contributed by atoms with Crippen LogP contribution in [0, 0.1) is 5.92 Å². The van der Waals surface area contributed by atoms with Crippen molar-refractivity contribution in [3.05, 3.63) is 11.1 Å². The van der Waals surface area contributed by atoms with E-state index in [1.165, 1.54) is 0 Å². The number of amides is 2. The van der Waals surface area contributed by atoms with Gasteiger partial charge in [0.05, 0.1) is 0 Å². The summed E-state index contributed by atoms with van der Waals surface area (Å²) < 4.78 is 37.3. The number of thiazole rings is 1. The molecule has 2 amide bonds. The molecule has 0 spiro atoms. The molecule has 0 unspecified atom stereocenters. The Morgan fingerprint density at radius 1 is 1.55 bits per heavy atom. The SMILES string of the molecule is CCCN(CC1CC1)C(=O)Nc1nc(C(F)(F)F)cs1. The molecule has 1 saturated carbocycles. The summed E-state index contributed by atoms with van der Waals surface area (Å²) in [5.74, 6) is 0.536. The molecule has 0 bridgehead atoms. The molecule has 4 nitrogen and oxygen atoms in total. The van der Waals surface area contributed by atoms with Crippen LogP contribution in [0.1, 0.15) is 31.9 Å². The highest BCUT2D eigenvalue weighted by Crippen LogP contribution is 2.32. The smallest absolute Gasteiger partial charge is 0.324 e. The fourth-order valence-corrected chi connectivity index (χ4v) is 2.50. The molecule has 1 heterocycles. The Hall–Kier alpha value is -1.31. The number of carbonyl (C=O) groups excluding carboxylic acids is 1. The highest BCUT2D eigenvalue weighted by Gasteiger charge is 2.34. The summed E-state index contributed by atoms with van der Waals surface area (Å²) in [6.45, 7) is 3.22. The number of urea groups is 1. The second-order valence-electron chi connectivity index (χ2n) is 4.86. The van der Waals surface area contributed by atoms with Gasteiger partial charge in [-0.25, -0.2) is 9.78 Å². The molecular formula is C12H16F3N3OS. The molecule has 0 atom stereocenters. The number of hydrogen-bond donors (Lipinski definition) is 1. The molecule has 20 heavy (non-hydrogen) atoms. The van der Waals surface area contributed by atoms with Gasteiger partial charge >= 0.3 is 12.2 Å². The van der Waals surface area contributed by atoms with E-state index in [0.717, 1.165) is 36.0 Å². The molecule has 2 rings (SSSR count). The zero-order valence-electron chi connectivity index (χ0n) is 11.0. The first-order valence-electron chi connectivity index (χ1n) is 6.48. The van der Waals surface area contributed by atoms with Gasteiger partial charge in [-0.3, -0.25) is 5.32 Å². The molecule has 0 aliphatic heterocycles. The monoisotopic (exact) mass is 307 g/mol. The second-order valence-corrected chi connectivity index (χ2v) is 5.71. The molecule has 0 aromatic carbocycles. The molecule has 0 radical (unpaired) electrons. The summed E-state index contributed by atoms with van der Waals surface area (Å²) in [5.41, 5.74) is -0.970. The summed E-state index contributed by atoms with van der Waals surface area (Å²) >= 11 is 0.785. The first kappa shape index (κ1) is 15.1. The summed E-state index contributed by atoms with van der Waals surface area (Å²) in [6.07, 6.45) is -1.44. The van der Waals surface area contributed by atoms with Crippen LogP contribution in [-0.2, 0) is 6.18 Å². The number of alkyl halides is 3. The zero-order chi connectivity index (χ0) is 14.8. The molecule has 8 heteroatoms. The van der Waals surface area contributed by atoms with Crippen LogP contribution in [0.3, 0.4) is 0 Å². The molecule has 1 aliphatic carbocycles. The number of nitrogens with one attached hydrogen (secondary N) is 1. The Kier molecular flexibility index (Phi) is 4.52. The summed E-state index contributed by atoms with van der Waals surface area (Å²) in [4.78, 5) is 17.1. The lowest BCUT2D eigenvalue weighted by Gasteiger charge is -2.21. The number of aromatic nitrogens is 1. The van der Waals surface area contributed by atoms with E-state index >= 15 is 0 Å². The van der Waals surface area contributed by atoms with Crippen LogP contribution in [-0.4, -0.2) is 29.0 Å². The molecule has 1 N–H and O–H groups in total. The van der Waals surface area contributed by atoms with Crippen LogP contribution in [0.2, 0.25) is 0 Å². The number of anilines is 1. The molecule has 1 aliphatic rings. The third kappa shape index (κ3) is 4.09. The van der Waals surface area contributed by atoms with E-state index in [9.17, 15) is 18.0 Å². The maximum atomic E-state index is 12.4. The third-order valence-corrected chi connectivity index (χ3v) is 3.72. The Morgan fingerprint density at radius 3 is 2.75 bits per heavy atom. The van der Waals surface area contributed by atoms with E-state index in [2.05, 4.69) is 10.3 Å². The quantitative estimate of drug-likeness (QED) is 0.899. The average molecular weight is 307 g/mol. The van der Waals surface area contributed by atoms with Gasteiger partial charge in [0.15, 0.2) is 10.8 Å². The van der Waals surface area contributed by atoms with E-state index in [0.29, 0.717) is 19.0 Å². The summed E-state index contributed by atoms with van der Waals surface area (Å²) in [7, 11) is 0. The maximum Gasteiger partial charge on any atom is 0.434 e. The van der Waals surface area contributed by atoms with Gasteiger partial charge in [0.25, 0.3) is 0 Å². The Balaban J connectivity index is 1.96. The third-order valence-electron chi connectivity index (χ3n) is 2.96. The van der Waals surface area contributed by atoms with Crippen molar-refractivity contribution < 1.29 is 18.0 Å². The molecule has 1 aromatic heterocycles. The van der Waals surface area contributed by atoms with E-state index in [4.69, 9.17) is 0 Å². The van der Waals surface area contributed by atoms with E-state index in [1.54, 1.807) is 4.90 Å². The van der Waals surface area contributed by atoms with Crippen molar-refractivity contribution >= 4 is 22.5 Å². The van der Waals surface area contributed by atoms with Crippen molar-refractivity contribution in [2.75, 3.05) is 18.4 Å². The zero-order valence-corrected chi connectivity index (χ0v) is 11.9. The molecule has 1 fully saturated rings. The lowest BCUT2D eigenvalue weighted by Crippen LogP contribution is -2.37. The second kappa shape index (κ2) is 5.99. The van der Waals surface area contributed by atoms with E-state index < -0.39 is 11.9 Å². The topological polar surface area (TPSA) is 45.2 Å². The van der Waals surface area contributed by atoms with Crippen molar-refractivity contribution in [2.45, 2.75) is 32.4 Å². The van der Waals surface area contributed by atoms with Crippen LogP contribution >= 0.6 is 11.3 Å². The van der Waals surface area contributed by atoms with Crippen LogP contribution < -0.4 is 5.32 Å². The van der Waals surface area contributed by atoms with E-state index in [1.807, 2.05) is 6.92 Å². The van der Waals surface area contributed by atoms with Crippen molar-refractivity contribution in [2.24, 2.45) is 5.92 Å². The van der Waals surface area contributed by atoms with Gasteiger partial charge < -0.3 is 4.90 Å². The lowest BCUT2D eigenvalue weighted by atomic mass is 10.3. The van der Waals surface area contributed by atoms with Crippen LogP contribution in [0.5, 0.6) is 0 Å². The highest BCUT2D eigenvalue weighted by atomic mass is 32.1. The van der Waals surface area contributed by atoms with Gasteiger partial charge in [-0.1, -0.05) is 6.92 Å². The van der Waals surface area contributed by atoms with Crippen LogP contribution in [0.25, 0.3) is 0 Å². The number of halogens is 3. The highest BCUT2D eigenvalue weighted by molar-refractivity contribution is 7.13. The van der Waals surface area contributed by atoms with E-state index in [-0.39, 0.29) is 11.2 Å². The normalized spacial score (nSPS) is 15.2. The summed E-state index contributed by atoms with van der Waals surface area (Å²) in [5, 5.41) is 3.34. The largest absolute Gasteiger partial charge is 0.434 e. The van der Waals surface area contributed by atoms with Crippen molar-refractivity contribution in [1.82, 2.24) is 9.88 Å². The predicted octanol–water partition coefficient (Wildman–Crippen LogP) is 3.82. The van der Waals surface area contributed by atoms with Gasteiger partial charge in [0.2, 0.25) is 0 Å². The molecule has 0 saturated heterocycles. The number of rotatable bonds is 5. The fourth-order valence-electron chi connectivity index (χ4n) is 1.79. The van der Waals surface area contributed by atoms with Gasteiger partial charge in [-0.05, 0) is 25.2 Å². The first-order chi connectivity index (χ1) is 9.40. The minimum absolute atomic E-state index is 0.0146. The van der Waals surface area contributed by atoms with Gasteiger partial charge in [0, 0.05) is 18.5 Å². The number of carbonyl (C=O) groups is 1. The van der Waals surface area contributed by atoms with Crippen LogP contribution in [0.4, 0.5) is 23.1 Å². The standard InChI is InChI=1S/C12H16F3N3OS/c1-2-5-18(6-8-3-4-8)11(19)17-10-16-9(7-20-10)12(13,14)15/h7-8H,2-6H2,1H3,(H,16,17,19). The lowest BCUT2D eigenvalue weighted by molar-refractivity contribution is -0.140. The molecular weight excluding hydrogens is 291 g/mol. The maximum absolute atomic E-state index is 12.4. The Bertz CT molecular complexity index is 471. The first-order valence-corrected chi connectivity index (χ1v) is 7.36. The number of hydrogen-bond acceptors (Lipinski definition) is 3. The van der Waals surface area contributed by atoms with Crippen molar-refractivity contribution in [3.8, 4) is 0 Å². The average Bonchev–Trinajstić information content (AvgIpc) is 3.04. The number of nitrogens with zero attached hydrogens (tertiary/aromatic N) is 2. The predicted molar refractivity (Wildman–Crippen MR) is 70.7 cm³/mol. The van der Waals surface area contributed by atoms with Crippen LogP contribution in [0.15, 0.2) is 5.38 Å². The minimum atomic E-state index is -4.48. The summed E-state index contributed by atoms with van der Waals surface area (Å²) in [6, 6.07) is -0.373. The fraction of sp³-hybridized carbons (Fsp3) is 0.667.